The van der Waals surface area contributed by atoms with Crippen molar-refractivity contribution in [3.63, 3.8) is 0 Å². The molecule has 0 spiro atoms. The van der Waals surface area contributed by atoms with E-state index < -0.39 is 0 Å². The normalized spacial score (nSPS) is 11.1. The van der Waals surface area contributed by atoms with Gasteiger partial charge in [0.25, 0.3) is 11.3 Å². The third kappa shape index (κ3) is 1.85. The summed E-state index contributed by atoms with van der Waals surface area (Å²) in [6, 6.07) is 3.35. The highest BCUT2D eigenvalue weighted by molar-refractivity contribution is 5.83. The van der Waals surface area contributed by atoms with Crippen molar-refractivity contribution in [1.29, 1.82) is 0 Å². The molecule has 2 aromatic heterocycles. The topological polar surface area (TPSA) is 94.4 Å². The standard InChI is InChI=1S/C12H13N5O3/c1-3-19-9-5-7-8(6-10(9)20-4-2)17-12(13-11(7)18)14-15-16-17/h5-6H,3-4H2,1-2H3,(H,13,14,16,18). The number of hydrogen-bond acceptors (Lipinski definition) is 6. The Morgan fingerprint density at radius 3 is 2.60 bits per heavy atom. The fraction of sp³-hybridized carbons (Fsp3) is 0.333. The van der Waals surface area contributed by atoms with Gasteiger partial charge in [0, 0.05) is 6.07 Å². The first kappa shape index (κ1) is 12.4. The highest BCUT2D eigenvalue weighted by atomic mass is 16.5. The third-order valence-electron chi connectivity index (χ3n) is 2.83. The Kier molecular flexibility index (Phi) is 2.97. The van der Waals surface area contributed by atoms with Crippen LogP contribution < -0.4 is 15.0 Å². The molecule has 1 N–H and O–H groups in total. The van der Waals surface area contributed by atoms with Crippen molar-refractivity contribution in [2.24, 2.45) is 0 Å². The molecule has 0 atom stereocenters. The Morgan fingerprint density at radius 2 is 1.90 bits per heavy atom. The summed E-state index contributed by atoms with van der Waals surface area (Å²) in [7, 11) is 0. The van der Waals surface area contributed by atoms with E-state index in [1.54, 1.807) is 12.1 Å². The van der Waals surface area contributed by atoms with Crippen LogP contribution in [0.15, 0.2) is 16.9 Å². The molecule has 3 rings (SSSR count). The largest absolute Gasteiger partial charge is 0.490 e. The Morgan fingerprint density at radius 1 is 1.20 bits per heavy atom. The number of nitrogens with zero attached hydrogens (tertiary/aromatic N) is 4. The summed E-state index contributed by atoms with van der Waals surface area (Å²) >= 11 is 0. The zero-order valence-corrected chi connectivity index (χ0v) is 11.1. The minimum atomic E-state index is -0.272. The van der Waals surface area contributed by atoms with Crippen molar-refractivity contribution < 1.29 is 9.47 Å². The molecule has 104 valence electrons. The second-order valence-corrected chi connectivity index (χ2v) is 4.05. The summed E-state index contributed by atoms with van der Waals surface area (Å²) in [6.07, 6.45) is 0. The maximum Gasteiger partial charge on any atom is 0.260 e. The minimum Gasteiger partial charge on any atom is -0.490 e. The van der Waals surface area contributed by atoms with Gasteiger partial charge in [0.05, 0.1) is 24.1 Å². The number of tetrazole rings is 1. The van der Waals surface area contributed by atoms with Gasteiger partial charge >= 0.3 is 0 Å². The zero-order valence-electron chi connectivity index (χ0n) is 11.1. The third-order valence-corrected chi connectivity index (χ3v) is 2.83. The van der Waals surface area contributed by atoms with Gasteiger partial charge in [-0.25, -0.2) is 0 Å². The van der Waals surface area contributed by atoms with E-state index in [-0.39, 0.29) is 11.3 Å². The summed E-state index contributed by atoms with van der Waals surface area (Å²) in [5.41, 5.74) is 0.298. The van der Waals surface area contributed by atoms with Crippen molar-refractivity contribution >= 4 is 16.7 Å². The molecule has 0 saturated heterocycles. The van der Waals surface area contributed by atoms with Crippen LogP contribution in [0.4, 0.5) is 0 Å². The van der Waals surface area contributed by atoms with E-state index >= 15 is 0 Å². The summed E-state index contributed by atoms with van der Waals surface area (Å²) in [6.45, 7) is 4.73. The predicted octanol–water partition coefficient (Wildman–Crippen LogP) is 0.763. The average molecular weight is 275 g/mol. The summed E-state index contributed by atoms with van der Waals surface area (Å²) < 4.78 is 12.5. The van der Waals surface area contributed by atoms with E-state index in [2.05, 4.69) is 20.5 Å². The summed E-state index contributed by atoms with van der Waals surface area (Å²) in [4.78, 5) is 14.7. The van der Waals surface area contributed by atoms with Crippen molar-refractivity contribution in [2.75, 3.05) is 13.2 Å². The van der Waals surface area contributed by atoms with Crippen LogP contribution in [0.5, 0.6) is 11.5 Å². The number of aromatic amines is 1. The summed E-state index contributed by atoms with van der Waals surface area (Å²) in [5.74, 6) is 1.37. The highest BCUT2D eigenvalue weighted by Crippen LogP contribution is 2.31. The molecule has 0 bridgehead atoms. The van der Waals surface area contributed by atoms with Crippen LogP contribution in [0.25, 0.3) is 16.7 Å². The molecule has 2 heterocycles. The van der Waals surface area contributed by atoms with E-state index in [1.165, 1.54) is 4.52 Å². The molecular formula is C12H13N5O3. The molecule has 1 aromatic carbocycles. The Bertz CT molecular complexity index is 823. The highest BCUT2D eigenvalue weighted by Gasteiger charge is 2.13. The van der Waals surface area contributed by atoms with Gasteiger partial charge in [0.2, 0.25) is 0 Å². The van der Waals surface area contributed by atoms with E-state index in [9.17, 15) is 4.79 Å². The number of benzene rings is 1. The van der Waals surface area contributed by atoms with Crippen LogP contribution in [-0.2, 0) is 0 Å². The molecule has 8 heteroatoms. The number of ether oxygens (including phenoxy) is 2. The van der Waals surface area contributed by atoms with Crippen LogP contribution in [0.3, 0.4) is 0 Å². The predicted molar refractivity (Wildman–Crippen MR) is 71.2 cm³/mol. The lowest BCUT2D eigenvalue weighted by molar-refractivity contribution is 0.288. The second-order valence-electron chi connectivity index (χ2n) is 4.05. The van der Waals surface area contributed by atoms with Gasteiger partial charge in [-0.1, -0.05) is 5.10 Å². The number of hydrogen-bond donors (Lipinski definition) is 1. The minimum absolute atomic E-state index is 0.272. The number of nitrogens with one attached hydrogen (secondary N) is 1. The van der Waals surface area contributed by atoms with E-state index in [4.69, 9.17) is 9.47 Å². The Hall–Kier alpha value is -2.64. The van der Waals surface area contributed by atoms with Gasteiger partial charge < -0.3 is 9.47 Å². The Labute approximate surface area is 113 Å². The van der Waals surface area contributed by atoms with Gasteiger partial charge in [-0.2, -0.15) is 4.52 Å². The van der Waals surface area contributed by atoms with Crippen LogP contribution in [0, 0.1) is 0 Å². The number of fused-ring (bicyclic) bond motifs is 3. The molecule has 0 aliphatic heterocycles. The van der Waals surface area contributed by atoms with E-state index in [0.29, 0.717) is 35.6 Å². The molecule has 0 saturated carbocycles. The van der Waals surface area contributed by atoms with Crippen molar-refractivity contribution in [3.8, 4) is 11.5 Å². The van der Waals surface area contributed by atoms with Crippen LogP contribution in [-0.4, -0.2) is 38.2 Å². The molecule has 8 nitrogen and oxygen atoms in total. The molecule has 0 unspecified atom stereocenters. The van der Waals surface area contributed by atoms with Crippen molar-refractivity contribution in [1.82, 2.24) is 25.0 Å². The van der Waals surface area contributed by atoms with Crippen LogP contribution in [0.2, 0.25) is 0 Å². The Balaban J connectivity index is 2.37. The fourth-order valence-corrected chi connectivity index (χ4v) is 2.04. The molecule has 0 radical (unpaired) electrons. The lowest BCUT2D eigenvalue weighted by atomic mass is 10.2. The molecule has 20 heavy (non-hydrogen) atoms. The lowest BCUT2D eigenvalue weighted by Gasteiger charge is -2.11. The average Bonchev–Trinajstić information content (AvgIpc) is 2.89. The maximum atomic E-state index is 12.1. The molecule has 0 fully saturated rings. The van der Waals surface area contributed by atoms with Crippen LogP contribution in [0.1, 0.15) is 13.8 Å². The van der Waals surface area contributed by atoms with Gasteiger partial charge in [0.1, 0.15) is 0 Å². The quantitative estimate of drug-likeness (QED) is 0.755. The molecule has 0 amide bonds. The van der Waals surface area contributed by atoms with E-state index in [0.717, 1.165) is 0 Å². The van der Waals surface area contributed by atoms with Gasteiger partial charge in [-0.15, -0.1) is 0 Å². The second kappa shape index (κ2) is 4.80. The van der Waals surface area contributed by atoms with Crippen molar-refractivity contribution in [3.05, 3.63) is 22.5 Å². The lowest BCUT2D eigenvalue weighted by Crippen LogP contribution is -2.11. The monoisotopic (exact) mass is 275 g/mol. The maximum absolute atomic E-state index is 12.1. The van der Waals surface area contributed by atoms with Gasteiger partial charge in [0.15, 0.2) is 11.5 Å². The number of rotatable bonds is 4. The number of aromatic nitrogens is 5. The van der Waals surface area contributed by atoms with Gasteiger partial charge in [-0.05, 0) is 30.3 Å². The first-order valence-corrected chi connectivity index (χ1v) is 6.28. The molecule has 0 aliphatic carbocycles. The first-order valence-electron chi connectivity index (χ1n) is 6.28. The number of H-pyrrole nitrogens is 1. The SMILES string of the molecule is CCOc1cc2c(=O)[nH]c3nnnn3c2cc1OCC. The van der Waals surface area contributed by atoms with Crippen LogP contribution >= 0.6 is 0 Å². The molecular weight excluding hydrogens is 262 g/mol. The smallest absolute Gasteiger partial charge is 0.260 e. The molecule has 0 aliphatic rings. The van der Waals surface area contributed by atoms with Gasteiger partial charge in [-0.3, -0.25) is 9.78 Å². The first-order chi connectivity index (χ1) is 9.74. The van der Waals surface area contributed by atoms with E-state index in [1.807, 2.05) is 13.8 Å². The fourth-order valence-electron chi connectivity index (χ4n) is 2.04. The summed E-state index contributed by atoms with van der Waals surface area (Å²) in [5, 5.41) is 11.6. The molecule has 3 aromatic rings. The zero-order chi connectivity index (χ0) is 14.1. The van der Waals surface area contributed by atoms with Crippen molar-refractivity contribution in [2.45, 2.75) is 13.8 Å².